The zero-order valence-corrected chi connectivity index (χ0v) is 12.4. The van der Waals surface area contributed by atoms with Gasteiger partial charge in [0.2, 0.25) is 6.54 Å². The van der Waals surface area contributed by atoms with Crippen LogP contribution < -0.4 is 4.74 Å². The zero-order valence-electron chi connectivity index (χ0n) is 12.4. The molecule has 0 unspecified atom stereocenters. The molecule has 0 bridgehead atoms. The number of hydrogen-bond donors (Lipinski definition) is 0. The van der Waals surface area contributed by atoms with Crippen LogP contribution in [-0.2, 0) is 14.3 Å². The number of nitrogens with zero attached hydrogens (tertiary/aromatic N) is 1. The average molecular weight is 307 g/mol. The molecular formula is C15H17NO6. The van der Waals surface area contributed by atoms with E-state index in [0.717, 1.165) is 0 Å². The van der Waals surface area contributed by atoms with Gasteiger partial charge in [0.05, 0.1) is 18.1 Å². The third-order valence-electron chi connectivity index (χ3n) is 3.36. The van der Waals surface area contributed by atoms with Crippen LogP contribution in [0.15, 0.2) is 35.6 Å². The fourth-order valence-electron chi connectivity index (χ4n) is 2.40. The van der Waals surface area contributed by atoms with Gasteiger partial charge in [-0.2, -0.15) is 0 Å². The van der Waals surface area contributed by atoms with Crippen LogP contribution in [0.3, 0.4) is 0 Å². The number of allylic oxidation sites excluding steroid dienone is 1. The molecule has 1 aliphatic heterocycles. The smallest absolute Gasteiger partial charge is 0.338 e. The van der Waals surface area contributed by atoms with Crippen molar-refractivity contribution in [3.8, 4) is 5.75 Å². The minimum atomic E-state index is -0.685. The quantitative estimate of drug-likeness (QED) is 0.345. The van der Waals surface area contributed by atoms with Gasteiger partial charge in [-0.05, 0) is 13.0 Å². The number of carbonyl (C=O) groups excluding carboxylic acids is 1. The Kier molecular flexibility index (Phi) is 5.11. The van der Waals surface area contributed by atoms with Gasteiger partial charge in [0.25, 0.3) is 0 Å². The molecule has 0 spiro atoms. The van der Waals surface area contributed by atoms with Crippen molar-refractivity contribution < 1.29 is 23.9 Å². The van der Waals surface area contributed by atoms with Gasteiger partial charge in [0.15, 0.2) is 0 Å². The molecule has 0 fully saturated rings. The normalized spacial score (nSPS) is 16.7. The van der Waals surface area contributed by atoms with Gasteiger partial charge in [-0.15, -0.1) is 0 Å². The molecule has 7 heteroatoms. The molecule has 0 aliphatic carbocycles. The minimum absolute atomic E-state index is 0.0823. The lowest BCUT2D eigenvalue weighted by Crippen LogP contribution is -2.27. The first-order valence-electron chi connectivity index (χ1n) is 6.80. The van der Waals surface area contributed by atoms with Crippen LogP contribution in [0.2, 0.25) is 0 Å². The fourth-order valence-corrected chi connectivity index (χ4v) is 2.40. The number of esters is 1. The standard InChI is InChI=1S/C15H17NO6/c1-10-14(15(17)21-8-7-20-2)12(9-16(18)19)11-5-3-4-6-13(11)22-10/h3-6,12H,7-9H2,1-2H3/t12-/m1/s1. The van der Waals surface area contributed by atoms with Crippen molar-refractivity contribution in [3.63, 3.8) is 0 Å². The number of carbonyl (C=O) groups is 1. The van der Waals surface area contributed by atoms with E-state index in [9.17, 15) is 14.9 Å². The van der Waals surface area contributed by atoms with Crippen molar-refractivity contribution in [1.82, 2.24) is 0 Å². The van der Waals surface area contributed by atoms with Gasteiger partial charge in [-0.25, -0.2) is 4.79 Å². The summed E-state index contributed by atoms with van der Waals surface area (Å²) < 4.78 is 15.5. The average Bonchev–Trinajstić information content (AvgIpc) is 2.46. The van der Waals surface area contributed by atoms with Crippen LogP contribution in [0.4, 0.5) is 0 Å². The summed E-state index contributed by atoms with van der Waals surface area (Å²) in [5.41, 5.74) is 0.801. The van der Waals surface area contributed by atoms with E-state index in [1.807, 2.05) is 0 Å². The molecule has 0 saturated carbocycles. The maximum atomic E-state index is 12.2. The highest BCUT2D eigenvalue weighted by Crippen LogP contribution is 2.39. The van der Waals surface area contributed by atoms with Crippen LogP contribution in [0.5, 0.6) is 5.75 Å². The van der Waals surface area contributed by atoms with Crippen LogP contribution in [-0.4, -0.2) is 37.8 Å². The highest BCUT2D eigenvalue weighted by molar-refractivity contribution is 5.91. The molecule has 1 aliphatic rings. The van der Waals surface area contributed by atoms with Crippen molar-refractivity contribution in [2.75, 3.05) is 26.9 Å². The Balaban J connectivity index is 2.32. The first-order valence-corrected chi connectivity index (χ1v) is 6.80. The molecule has 0 N–H and O–H groups in total. The number of para-hydroxylation sites is 1. The third-order valence-corrected chi connectivity index (χ3v) is 3.36. The van der Waals surface area contributed by atoms with E-state index in [2.05, 4.69) is 0 Å². The van der Waals surface area contributed by atoms with Crippen molar-refractivity contribution in [2.45, 2.75) is 12.8 Å². The number of hydrogen-bond acceptors (Lipinski definition) is 6. The van der Waals surface area contributed by atoms with Crippen molar-refractivity contribution in [3.05, 3.63) is 51.3 Å². The lowest BCUT2D eigenvalue weighted by Gasteiger charge is -2.26. The maximum Gasteiger partial charge on any atom is 0.338 e. The lowest BCUT2D eigenvalue weighted by molar-refractivity contribution is -0.482. The van der Waals surface area contributed by atoms with Gasteiger partial charge >= 0.3 is 5.97 Å². The molecule has 1 heterocycles. The Labute approximate surface area is 127 Å². The van der Waals surface area contributed by atoms with E-state index in [1.165, 1.54) is 7.11 Å². The van der Waals surface area contributed by atoms with Crippen molar-refractivity contribution in [2.24, 2.45) is 0 Å². The van der Waals surface area contributed by atoms with Crippen LogP contribution in [0.25, 0.3) is 0 Å². The summed E-state index contributed by atoms with van der Waals surface area (Å²) in [4.78, 5) is 22.8. The second kappa shape index (κ2) is 7.04. The molecule has 1 atom stereocenters. The summed E-state index contributed by atoms with van der Waals surface area (Å²) in [5.74, 6) is -0.445. The molecule has 118 valence electrons. The highest BCUT2D eigenvalue weighted by atomic mass is 16.6. The molecular weight excluding hydrogens is 290 g/mol. The molecule has 7 nitrogen and oxygen atoms in total. The minimum Gasteiger partial charge on any atom is -0.461 e. The SMILES string of the molecule is COCCOC(=O)C1=C(C)Oc2ccccc2[C@H]1C[N+](=O)[O-]. The number of methoxy groups -OCH3 is 1. The van der Waals surface area contributed by atoms with E-state index in [0.29, 0.717) is 17.1 Å². The summed E-state index contributed by atoms with van der Waals surface area (Å²) >= 11 is 0. The second-order valence-electron chi connectivity index (χ2n) is 4.81. The molecule has 1 aromatic carbocycles. The molecule has 2 rings (SSSR count). The molecule has 1 aromatic rings. The molecule has 22 heavy (non-hydrogen) atoms. The summed E-state index contributed by atoms with van der Waals surface area (Å²) in [5, 5.41) is 11.0. The molecule has 0 saturated heterocycles. The highest BCUT2D eigenvalue weighted by Gasteiger charge is 2.36. The Morgan fingerprint density at radius 3 is 2.77 bits per heavy atom. The van der Waals surface area contributed by atoms with E-state index < -0.39 is 23.4 Å². The van der Waals surface area contributed by atoms with Gasteiger partial charge in [0.1, 0.15) is 18.1 Å². The topological polar surface area (TPSA) is 87.9 Å². The van der Waals surface area contributed by atoms with Gasteiger partial charge in [0, 0.05) is 17.6 Å². The largest absolute Gasteiger partial charge is 0.461 e. The summed E-state index contributed by atoms with van der Waals surface area (Å²) in [7, 11) is 1.49. The van der Waals surface area contributed by atoms with E-state index in [1.54, 1.807) is 31.2 Å². The van der Waals surface area contributed by atoms with E-state index >= 15 is 0 Å². The van der Waals surface area contributed by atoms with E-state index in [-0.39, 0.29) is 18.8 Å². The molecule has 0 aromatic heterocycles. The number of benzene rings is 1. The first-order chi connectivity index (χ1) is 10.5. The number of rotatable bonds is 6. The van der Waals surface area contributed by atoms with Crippen molar-refractivity contribution >= 4 is 5.97 Å². The number of fused-ring (bicyclic) bond motifs is 1. The first kappa shape index (κ1) is 16.0. The third kappa shape index (κ3) is 3.43. The Hall–Kier alpha value is -2.41. The number of nitro groups is 1. The molecule has 0 amide bonds. The maximum absolute atomic E-state index is 12.2. The second-order valence-corrected chi connectivity index (χ2v) is 4.81. The van der Waals surface area contributed by atoms with Gasteiger partial charge in [-0.3, -0.25) is 10.1 Å². The molecule has 0 radical (unpaired) electrons. The summed E-state index contributed by atoms with van der Waals surface area (Å²) in [6, 6.07) is 6.97. The Morgan fingerprint density at radius 2 is 2.09 bits per heavy atom. The van der Waals surface area contributed by atoms with Gasteiger partial charge in [-0.1, -0.05) is 18.2 Å². The summed E-state index contributed by atoms with van der Waals surface area (Å²) in [6.45, 7) is 1.55. The number of ether oxygens (including phenoxy) is 3. The predicted molar refractivity (Wildman–Crippen MR) is 77.2 cm³/mol. The van der Waals surface area contributed by atoms with Crippen molar-refractivity contribution in [1.29, 1.82) is 0 Å². The Bertz CT molecular complexity index is 610. The van der Waals surface area contributed by atoms with Crippen LogP contribution in [0.1, 0.15) is 18.4 Å². The van der Waals surface area contributed by atoms with Crippen LogP contribution in [0, 0.1) is 10.1 Å². The van der Waals surface area contributed by atoms with Crippen LogP contribution >= 0.6 is 0 Å². The monoisotopic (exact) mass is 307 g/mol. The van der Waals surface area contributed by atoms with E-state index in [4.69, 9.17) is 14.2 Å². The lowest BCUT2D eigenvalue weighted by atomic mass is 9.87. The summed E-state index contributed by atoms with van der Waals surface area (Å²) in [6.07, 6.45) is 0. The Morgan fingerprint density at radius 1 is 1.36 bits per heavy atom. The fraction of sp³-hybridized carbons (Fsp3) is 0.400. The zero-order chi connectivity index (χ0) is 16.1. The predicted octanol–water partition coefficient (Wildman–Crippen LogP) is 1.90. The van der Waals surface area contributed by atoms with Gasteiger partial charge < -0.3 is 14.2 Å².